The Hall–Kier alpha value is -3.65. The Kier molecular flexibility index (Phi) is 6.71. The van der Waals surface area contributed by atoms with E-state index >= 15 is 0 Å². The van der Waals surface area contributed by atoms with Crippen LogP contribution in [0.15, 0.2) is 47.5 Å². The SMILES string of the molecule is CCOC(=O)c1ccc2c(C=Nc3ccc(N(C)C(=O)CN(C)C)cc3)c(O)[nH]c2c1. The van der Waals surface area contributed by atoms with Crippen LogP contribution < -0.4 is 4.90 Å². The molecule has 8 nitrogen and oxygen atoms in total. The number of H-pyrrole nitrogens is 1. The number of nitrogens with one attached hydrogen (secondary N) is 1. The van der Waals surface area contributed by atoms with Crippen LogP contribution in [0.3, 0.4) is 0 Å². The Morgan fingerprint density at radius 1 is 1.13 bits per heavy atom. The first kappa shape index (κ1) is 22.0. The molecule has 0 aliphatic carbocycles. The van der Waals surface area contributed by atoms with E-state index in [2.05, 4.69) is 9.98 Å². The summed E-state index contributed by atoms with van der Waals surface area (Å²) in [4.78, 5) is 34.8. The zero-order valence-corrected chi connectivity index (χ0v) is 18.0. The topological polar surface area (TPSA) is 98.2 Å². The molecule has 1 amide bonds. The van der Waals surface area contributed by atoms with Gasteiger partial charge in [0.15, 0.2) is 5.88 Å². The number of hydrogen-bond acceptors (Lipinski definition) is 6. The summed E-state index contributed by atoms with van der Waals surface area (Å²) in [6.07, 6.45) is 1.56. The third-order valence-electron chi connectivity index (χ3n) is 4.73. The molecule has 0 saturated heterocycles. The monoisotopic (exact) mass is 422 g/mol. The van der Waals surface area contributed by atoms with Crippen LogP contribution in [-0.4, -0.2) is 67.4 Å². The number of aromatic hydroxyl groups is 1. The van der Waals surface area contributed by atoms with E-state index in [-0.39, 0.29) is 11.8 Å². The van der Waals surface area contributed by atoms with E-state index in [9.17, 15) is 14.7 Å². The van der Waals surface area contributed by atoms with Crippen molar-refractivity contribution in [3.05, 3.63) is 53.6 Å². The van der Waals surface area contributed by atoms with E-state index in [1.54, 1.807) is 55.4 Å². The van der Waals surface area contributed by atoms with Gasteiger partial charge in [0, 0.05) is 29.9 Å². The summed E-state index contributed by atoms with van der Waals surface area (Å²) in [5.41, 5.74) is 2.98. The molecule has 162 valence electrons. The van der Waals surface area contributed by atoms with Crippen molar-refractivity contribution in [3.8, 4) is 5.88 Å². The minimum Gasteiger partial charge on any atom is -0.494 e. The molecule has 1 heterocycles. The van der Waals surface area contributed by atoms with Gasteiger partial charge in [-0.05, 0) is 57.4 Å². The van der Waals surface area contributed by atoms with Gasteiger partial charge in [-0.15, -0.1) is 0 Å². The van der Waals surface area contributed by atoms with Crippen LogP contribution in [0.25, 0.3) is 10.9 Å². The lowest BCUT2D eigenvalue weighted by Gasteiger charge is -2.19. The number of hydrogen-bond donors (Lipinski definition) is 2. The van der Waals surface area contributed by atoms with E-state index in [4.69, 9.17) is 4.74 Å². The molecule has 0 aliphatic heterocycles. The Balaban J connectivity index is 1.79. The summed E-state index contributed by atoms with van der Waals surface area (Å²) < 4.78 is 5.01. The first-order valence-electron chi connectivity index (χ1n) is 9.87. The number of likely N-dealkylation sites (N-methyl/N-ethyl adjacent to an activating group) is 2. The number of nitrogens with zero attached hydrogens (tertiary/aromatic N) is 3. The van der Waals surface area contributed by atoms with E-state index in [0.29, 0.717) is 35.5 Å². The number of aromatic amines is 1. The molecule has 31 heavy (non-hydrogen) atoms. The minimum atomic E-state index is -0.414. The van der Waals surface area contributed by atoms with Gasteiger partial charge in [0.2, 0.25) is 5.91 Å². The fourth-order valence-corrected chi connectivity index (χ4v) is 3.10. The highest BCUT2D eigenvalue weighted by atomic mass is 16.5. The fourth-order valence-electron chi connectivity index (χ4n) is 3.10. The van der Waals surface area contributed by atoms with Crippen LogP contribution in [0.4, 0.5) is 11.4 Å². The quantitative estimate of drug-likeness (QED) is 0.450. The van der Waals surface area contributed by atoms with Gasteiger partial charge in [0.1, 0.15) is 0 Å². The van der Waals surface area contributed by atoms with E-state index in [1.165, 1.54) is 0 Å². The maximum atomic E-state index is 12.2. The summed E-state index contributed by atoms with van der Waals surface area (Å²) in [6, 6.07) is 12.3. The van der Waals surface area contributed by atoms with Gasteiger partial charge in [0.25, 0.3) is 0 Å². The van der Waals surface area contributed by atoms with Crippen molar-refractivity contribution in [2.24, 2.45) is 4.99 Å². The molecular formula is C23H26N4O4. The summed E-state index contributed by atoms with van der Waals surface area (Å²) in [5.74, 6) is -0.458. The first-order chi connectivity index (χ1) is 14.8. The van der Waals surface area contributed by atoms with Crippen molar-refractivity contribution in [1.29, 1.82) is 0 Å². The lowest BCUT2D eigenvalue weighted by molar-refractivity contribution is -0.118. The van der Waals surface area contributed by atoms with Gasteiger partial charge in [-0.2, -0.15) is 0 Å². The second-order valence-electron chi connectivity index (χ2n) is 7.33. The predicted molar refractivity (Wildman–Crippen MR) is 122 cm³/mol. The Bertz CT molecular complexity index is 1120. The van der Waals surface area contributed by atoms with Crippen LogP contribution in [-0.2, 0) is 9.53 Å². The molecule has 0 spiro atoms. The average Bonchev–Trinajstić information content (AvgIpc) is 3.05. The molecule has 0 radical (unpaired) electrons. The highest BCUT2D eigenvalue weighted by Crippen LogP contribution is 2.28. The van der Waals surface area contributed by atoms with Crippen molar-refractivity contribution >= 4 is 40.4 Å². The maximum Gasteiger partial charge on any atom is 0.338 e. The van der Waals surface area contributed by atoms with Gasteiger partial charge < -0.3 is 24.6 Å². The smallest absolute Gasteiger partial charge is 0.338 e. The van der Waals surface area contributed by atoms with Gasteiger partial charge in [-0.3, -0.25) is 9.79 Å². The number of anilines is 1. The minimum absolute atomic E-state index is 0.00727. The number of amides is 1. The zero-order chi connectivity index (χ0) is 22.5. The van der Waals surface area contributed by atoms with Crippen LogP contribution in [0.2, 0.25) is 0 Å². The van der Waals surface area contributed by atoms with Crippen molar-refractivity contribution in [1.82, 2.24) is 9.88 Å². The molecular weight excluding hydrogens is 396 g/mol. The molecule has 0 unspecified atom stereocenters. The summed E-state index contributed by atoms with van der Waals surface area (Å²) in [7, 11) is 5.43. The zero-order valence-electron chi connectivity index (χ0n) is 18.0. The second kappa shape index (κ2) is 9.44. The third kappa shape index (κ3) is 5.10. The molecule has 2 aromatic carbocycles. The molecule has 2 N–H and O–H groups in total. The molecule has 0 aliphatic rings. The highest BCUT2D eigenvalue weighted by Gasteiger charge is 2.14. The normalized spacial score (nSPS) is 11.4. The molecule has 1 aromatic heterocycles. The van der Waals surface area contributed by atoms with Crippen molar-refractivity contribution in [2.75, 3.05) is 39.2 Å². The second-order valence-corrected chi connectivity index (χ2v) is 7.33. The molecule has 0 atom stereocenters. The molecule has 8 heteroatoms. The molecule has 3 aromatic rings. The molecule has 0 bridgehead atoms. The number of carbonyl (C=O) groups is 2. The first-order valence-corrected chi connectivity index (χ1v) is 9.87. The number of aliphatic imine (C=N–C) groups is 1. The standard InChI is InChI=1S/C23H26N4O4/c1-5-31-23(30)15-6-11-18-19(22(29)25-20(18)12-15)13-24-16-7-9-17(10-8-16)27(4)21(28)14-26(2)3/h6-13,25,29H,5,14H2,1-4H3. The van der Waals surface area contributed by atoms with Crippen molar-refractivity contribution < 1.29 is 19.4 Å². The number of fused-ring (bicyclic) bond motifs is 1. The Morgan fingerprint density at radius 2 is 1.84 bits per heavy atom. The Morgan fingerprint density at radius 3 is 2.48 bits per heavy atom. The van der Waals surface area contributed by atoms with E-state index < -0.39 is 5.97 Å². The van der Waals surface area contributed by atoms with Gasteiger partial charge >= 0.3 is 5.97 Å². The van der Waals surface area contributed by atoms with Gasteiger partial charge in [0.05, 0.1) is 30.0 Å². The summed E-state index contributed by atoms with van der Waals surface area (Å²) >= 11 is 0. The van der Waals surface area contributed by atoms with Gasteiger partial charge in [-0.1, -0.05) is 6.07 Å². The van der Waals surface area contributed by atoms with Crippen molar-refractivity contribution in [3.63, 3.8) is 0 Å². The fraction of sp³-hybridized carbons (Fsp3) is 0.261. The lowest BCUT2D eigenvalue weighted by Crippen LogP contribution is -2.34. The van der Waals surface area contributed by atoms with Crippen LogP contribution in [0, 0.1) is 0 Å². The number of carbonyl (C=O) groups excluding carboxylic acids is 2. The number of benzene rings is 2. The van der Waals surface area contributed by atoms with E-state index in [1.807, 2.05) is 31.1 Å². The Labute approximate surface area is 180 Å². The highest BCUT2D eigenvalue weighted by molar-refractivity contribution is 6.04. The molecule has 3 rings (SSSR count). The number of ether oxygens (including phenoxy) is 1. The maximum absolute atomic E-state index is 12.2. The van der Waals surface area contributed by atoms with Gasteiger partial charge in [-0.25, -0.2) is 4.79 Å². The summed E-state index contributed by atoms with van der Waals surface area (Å²) in [5, 5.41) is 11.0. The largest absolute Gasteiger partial charge is 0.494 e. The molecule has 0 saturated carbocycles. The average molecular weight is 422 g/mol. The summed E-state index contributed by atoms with van der Waals surface area (Å²) in [6.45, 7) is 2.37. The molecule has 0 fully saturated rings. The van der Waals surface area contributed by atoms with Crippen LogP contribution >= 0.6 is 0 Å². The van der Waals surface area contributed by atoms with Crippen LogP contribution in [0.1, 0.15) is 22.8 Å². The number of esters is 1. The van der Waals surface area contributed by atoms with Crippen LogP contribution in [0.5, 0.6) is 5.88 Å². The predicted octanol–water partition coefficient (Wildman–Crippen LogP) is 3.33. The third-order valence-corrected chi connectivity index (χ3v) is 4.73. The lowest BCUT2D eigenvalue weighted by atomic mass is 10.1. The van der Waals surface area contributed by atoms with Crippen molar-refractivity contribution in [2.45, 2.75) is 6.92 Å². The van der Waals surface area contributed by atoms with E-state index in [0.717, 1.165) is 11.1 Å². The number of rotatable bonds is 7. The number of aromatic nitrogens is 1.